The summed E-state index contributed by atoms with van der Waals surface area (Å²) in [6.45, 7) is -0.244. The van der Waals surface area contributed by atoms with Crippen LogP contribution in [-0.2, 0) is 4.79 Å². The van der Waals surface area contributed by atoms with E-state index in [4.69, 9.17) is 6.42 Å². The van der Waals surface area contributed by atoms with Crippen molar-refractivity contribution in [3.8, 4) is 12.3 Å². The van der Waals surface area contributed by atoms with Gasteiger partial charge in [0.15, 0.2) is 0 Å². The van der Waals surface area contributed by atoms with E-state index >= 15 is 0 Å². The zero-order chi connectivity index (χ0) is 17.6. The van der Waals surface area contributed by atoms with E-state index in [2.05, 4.69) is 5.92 Å². The van der Waals surface area contributed by atoms with Crippen molar-refractivity contribution in [1.82, 2.24) is 0 Å². The van der Waals surface area contributed by atoms with E-state index in [0.717, 1.165) is 5.56 Å². The van der Waals surface area contributed by atoms with Gasteiger partial charge >= 0.3 is 12.1 Å². The van der Waals surface area contributed by atoms with Gasteiger partial charge in [0.05, 0.1) is 5.69 Å². The molecule has 0 N–H and O–H groups in total. The summed E-state index contributed by atoms with van der Waals surface area (Å²) in [5, 5.41) is 0. The second-order valence-corrected chi connectivity index (χ2v) is 4.89. The third-order valence-electron chi connectivity index (χ3n) is 3.24. The molecule has 0 saturated heterocycles. The molecule has 1 amide bonds. The zero-order valence-electron chi connectivity index (χ0n) is 12.6. The minimum Gasteiger partial charge on any atom is -0.300 e. The molecule has 2 rings (SSSR count). The van der Waals surface area contributed by atoms with Crippen LogP contribution < -0.4 is 4.90 Å². The summed E-state index contributed by atoms with van der Waals surface area (Å²) in [7, 11) is 0. The van der Waals surface area contributed by atoms with Gasteiger partial charge in [0.2, 0.25) is 0 Å². The minimum absolute atomic E-state index is 0.0556. The third-order valence-corrected chi connectivity index (χ3v) is 3.24. The van der Waals surface area contributed by atoms with Gasteiger partial charge in [0, 0.05) is 12.1 Å². The monoisotopic (exact) mass is 329 g/mol. The number of para-hydroxylation sites is 1. The van der Waals surface area contributed by atoms with Crippen LogP contribution in [0.4, 0.5) is 18.9 Å². The van der Waals surface area contributed by atoms with Crippen molar-refractivity contribution in [3.05, 3.63) is 71.8 Å². The average Bonchev–Trinajstić information content (AvgIpc) is 2.58. The van der Waals surface area contributed by atoms with Gasteiger partial charge in [-0.15, -0.1) is 6.42 Å². The standard InChI is InChI=1S/C19H14F3NO/c1-2-16-12-6-7-13-17(16)23(18(24)19(20,21)22)14-8-11-15-9-4-3-5-10-15/h1,3-13H,14H2/b11-8+. The number of halogens is 3. The summed E-state index contributed by atoms with van der Waals surface area (Å²) in [5.41, 5.74) is 1.10. The maximum absolute atomic E-state index is 12.9. The molecule has 5 heteroatoms. The number of hydrogen-bond donors (Lipinski definition) is 0. The fourth-order valence-electron chi connectivity index (χ4n) is 2.13. The lowest BCUT2D eigenvalue weighted by atomic mass is 10.1. The van der Waals surface area contributed by atoms with Gasteiger partial charge in [-0.25, -0.2) is 0 Å². The SMILES string of the molecule is C#Cc1ccccc1N(C/C=C/c1ccccc1)C(=O)C(F)(F)F. The molecular weight excluding hydrogens is 315 g/mol. The van der Waals surface area contributed by atoms with Crippen molar-refractivity contribution in [2.24, 2.45) is 0 Å². The Morgan fingerprint density at radius 1 is 1.08 bits per heavy atom. The van der Waals surface area contributed by atoms with E-state index in [0.29, 0.717) is 4.90 Å². The first-order valence-electron chi connectivity index (χ1n) is 7.09. The number of carbonyl (C=O) groups is 1. The lowest BCUT2D eigenvalue weighted by Gasteiger charge is -2.23. The third kappa shape index (κ3) is 4.26. The molecule has 0 unspecified atom stereocenters. The molecule has 24 heavy (non-hydrogen) atoms. The van der Waals surface area contributed by atoms with Gasteiger partial charge in [-0.2, -0.15) is 13.2 Å². The van der Waals surface area contributed by atoms with Crippen molar-refractivity contribution < 1.29 is 18.0 Å². The molecular formula is C19H14F3NO. The van der Waals surface area contributed by atoms with E-state index in [1.54, 1.807) is 12.1 Å². The molecule has 122 valence electrons. The summed E-state index contributed by atoms with van der Waals surface area (Å²) in [4.78, 5) is 12.4. The van der Waals surface area contributed by atoms with Crippen molar-refractivity contribution in [1.29, 1.82) is 0 Å². The maximum Gasteiger partial charge on any atom is 0.471 e. The first kappa shape index (κ1) is 17.4. The van der Waals surface area contributed by atoms with Gasteiger partial charge in [-0.05, 0) is 17.7 Å². The molecule has 0 fully saturated rings. The summed E-state index contributed by atoms with van der Waals surface area (Å²) >= 11 is 0. The number of alkyl halides is 3. The van der Waals surface area contributed by atoms with Crippen LogP contribution in [0.15, 0.2) is 60.7 Å². The second-order valence-electron chi connectivity index (χ2n) is 4.89. The number of benzene rings is 2. The quantitative estimate of drug-likeness (QED) is 0.767. The van der Waals surface area contributed by atoms with Crippen molar-refractivity contribution in [2.45, 2.75) is 6.18 Å². The predicted molar refractivity (Wildman–Crippen MR) is 88.3 cm³/mol. The Balaban J connectivity index is 2.32. The highest BCUT2D eigenvalue weighted by atomic mass is 19.4. The van der Waals surface area contributed by atoms with E-state index in [1.807, 2.05) is 30.3 Å². The highest BCUT2D eigenvalue weighted by Crippen LogP contribution is 2.26. The average molecular weight is 329 g/mol. The molecule has 0 saturated carbocycles. The smallest absolute Gasteiger partial charge is 0.300 e. The summed E-state index contributed by atoms with van der Waals surface area (Å²) < 4.78 is 38.7. The molecule has 0 bridgehead atoms. The van der Waals surface area contributed by atoms with Crippen LogP contribution in [0.3, 0.4) is 0 Å². The van der Waals surface area contributed by atoms with E-state index in [-0.39, 0.29) is 17.8 Å². The number of rotatable bonds is 4. The molecule has 2 aromatic rings. The van der Waals surface area contributed by atoms with Gasteiger partial charge in [-0.3, -0.25) is 9.69 Å². The Morgan fingerprint density at radius 2 is 1.71 bits per heavy atom. The lowest BCUT2D eigenvalue weighted by molar-refractivity contribution is -0.170. The lowest BCUT2D eigenvalue weighted by Crippen LogP contribution is -2.41. The molecule has 0 aliphatic carbocycles. The van der Waals surface area contributed by atoms with Crippen molar-refractivity contribution in [2.75, 3.05) is 11.4 Å². The predicted octanol–water partition coefficient (Wildman–Crippen LogP) is 4.28. The van der Waals surface area contributed by atoms with Crippen molar-refractivity contribution >= 4 is 17.7 Å². The highest BCUT2D eigenvalue weighted by Gasteiger charge is 2.43. The van der Waals surface area contributed by atoms with Crippen LogP contribution in [0.25, 0.3) is 6.08 Å². The highest BCUT2D eigenvalue weighted by molar-refractivity contribution is 5.98. The largest absolute Gasteiger partial charge is 0.471 e. The number of hydrogen-bond acceptors (Lipinski definition) is 1. The maximum atomic E-state index is 12.9. The number of nitrogens with zero attached hydrogens (tertiary/aromatic N) is 1. The topological polar surface area (TPSA) is 20.3 Å². The Hall–Kier alpha value is -3.00. The van der Waals surface area contributed by atoms with Crippen LogP contribution in [0.1, 0.15) is 11.1 Å². The minimum atomic E-state index is -4.98. The molecule has 0 aliphatic rings. The van der Waals surface area contributed by atoms with Crippen LogP contribution in [0.2, 0.25) is 0 Å². The number of amides is 1. The van der Waals surface area contributed by atoms with Crippen LogP contribution >= 0.6 is 0 Å². The fourth-order valence-corrected chi connectivity index (χ4v) is 2.13. The van der Waals surface area contributed by atoms with Crippen LogP contribution in [0.5, 0.6) is 0 Å². The molecule has 0 atom stereocenters. The Labute approximate surface area is 138 Å². The van der Waals surface area contributed by atoms with Crippen LogP contribution in [0, 0.1) is 12.3 Å². The van der Waals surface area contributed by atoms with E-state index in [1.165, 1.54) is 24.3 Å². The molecule has 2 nitrogen and oxygen atoms in total. The number of terminal acetylenes is 1. The van der Waals surface area contributed by atoms with Gasteiger partial charge in [0.25, 0.3) is 0 Å². The summed E-state index contributed by atoms with van der Waals surface area (Å²) in [6, 6.07) is 15.1. The molecule has 2 aromatic carbocycles. The first-order chi connectivity index (χ1) is 11.4. The van der Waals surface area contributed by atoms with E-state index in [9.17, 15) is 18.0 Å². The number of carbonyl (C=O) groups excluding carboxylic acids is 1. The van der Waals surface area contributed by atoms with Gasteiger partial charge in [-0.1, -0.05) is 60.5 Å². The Bertz CT molecular complexity index is 773. The molecule has 0 aromatic heterocycles. The fraction of sp³-hybridized carbons (Fsp3) is 0.105. The normalized spacial score (nSPS) is 11.2. The molecule has 0 spiro atoms. The summed E-state index contributed by atoms with van der Waals surface area (Å²) in [6.07, 6.45) is 3.49. The Kier molecular flexibility index (Phi) is 5.43. The van der Waals surface area contributed by atoms with Gasteiger partial charge in [0.1, 0.15) is 0 Å². The van der Waals surface area contributed by atoms with Crippen molar-refractivity contribution in [3.63, 3.8) is 0 Å². The Morgan fingerprint density at radius 3 is 2.33 bits per heavy atom. The first-order valence-corrected chi connectivity index (χ1v) is 7.09. The molecule has 0 radical (unpaired) electrons. The molecule has 0 aliphatic heterocycles. The van der Waals surface area contributed by atoms with Gasteiger partial charge < -0.3 is 0 Å². The van der Waals surface area contributed by atoms with Crippen LogP contribution in [-0.4, -0.2) is 18.6 Å². The molecule has 0 heterocycles. The second kappa shape index (κ2) is 7.51. The number of anilines is 1. The zero-order valence-corrected chi connectivity index (χ0v) is 12.6. The van der Waals surface area contributed by atoms with E-state index < -0.39 is 12.1 Å². The summed E-state index contributed by atoms with van der Waals surface area (Å²) in [5.74, 6) is 0.350.